The molecule has 0 bridgehead atoms. The average molecular weight is 407 g/mol. The van der Waals surface area contributed by atoms with Crippen molar-refractivity contribution in [2.24, 2.45) is 4.99 Å². The number of nitrogens with zero attached hydrogens (tertiary/aromatic N) is 2. The number of fused-ring (bicyclic) bond motifs is 1. The van der Waals surface area contributed by atoms with E-state index >= 15 is 0 Å². The Morgan fingerprint density at radius 1 is 1.10 bits per heavy atom. The van der Waals surface area contributed by atoms with Crippen molar-refractivity contribution in [3.8, 4) is 5.75 Å². The number of aliphatic imine (C=N–C) groups is 1. The molecule has 0 saturated carbocycles. The summed E-state index contributed by atoms with van der Waals surface area (Å²) in [4.78, 5) is 18.1. The number of amides is 1. The molecule has 0 atom stereocenters. The number of guanidine groups is 1. The number of hydrogen-bond acceptors (Lipinski definition) is 3. The molecule has 30 heavy (non-hydrogen) atoms. The highest BCUT2D eigenvalue weighted by atomic mass is 16.5. The minimum Gasteiger partial charge on any atom is -0.493 e. The van der Waals surface area contributed by atoms with Crippen molar-refractivity contribution in [1.29, 1.82) is 0 Å². The minimum absolute atomic E-state index is 0.263. The summed E-state index contributed by atoms with van der Waals surface area (Å²) in [5.74, 6) is 2.08. The van der Waals surface area contributed by atoms with E-state index in [2.05, 4.69) is 58.1 Å². The zero-order valence-electron chi connectivity index (χ0n) is 17.6. The molecule has 2 aromatic carbocycles. The highest BCUT2D eigenvalue weighted by molar-refractivity contribution is 5.79. The molecule has 158 valence electrons. The quantitative estimate of drug-likeness (QED) is 0.548. The highest BCUT2D eigenvalue weighted by Gasteiger charge is 2.20. The van der Waals surface area contributed by atoms with Gasteiger partial charge in [-0.15, -0.1) is 0 Å². The van der Waals surface area contributed by atoms with Gasteiger partial charge in [-0.25, -0.2) is 0 Å². The van der Waals surface area contributed by atoms with Crippen molar-refractivity contribution in [2.75, 3.05) is 26.7 Å². The smallest absolute Gasteiger partial charge is 0.222 e. The number of likely N-dealkylation sites (tertiary alicyclic amines) is 1. The Morgan fingerprint density at radius 3 is 2.83 bits per heavy atom. The predicted molar refractivity (Wildman–Crippen MR) is 119 cm³/mol. The maximum atomic E-state index is 11.9. The van der Waals surface area contributed by atoms with Gasteiger partial charge in [0.1, 0.15) is 5.75 Å². The van der Waals surface area contributed by atoms with E-state index in [1.807, 2.05) is 4.90 Å². The Morgan fingerprint density at radius 2 is 2.00 bits per heavy atom. The van der Waals surface area contributed by atoms with Crippen molar-refractivity contribution < 1.29 is 9.53 Å². The number of ether oxygens (including phenoxy) is 1. The standard InChI is InChI=1S/C24H30N4O2/c1-25-24(26-11-9-18-7-8-22-21(15-18)10-13-30-22)27-16-19-4-2-5-20(14-19)17-28-12-3-6-23(28)29/h2,4-5,7-8,14-15H,3,6,9-13,16-17H2,1H3,(H2,25,26,27). The largest absolute Gasteiger partial charge is 0.493 e. The zero-order valence-corrected chi connectivity index (χ0v) is 17.6. The topological polar surface area (TPSA) is 66.0 Å². The first-order chi connectivity index (χ1) is 14.7. The van der Waals surface area contributed by atoms with Gasteiger partial charge in [-0.05, 0) is 41.2 Å². The lowest BCUT2D eigenvalue weighted by Crippen LogP contribution is -2.37. The van der Waals surface area contributed by atoms with Gasteiger partial charge < -0.3 is 20.3 Å². The molecule has 0 unspecified atom stereocenters. The molecule has 6 heteroatoms. The Balaban J connectivity index is 1.24. The minimum atomic E-state index is 0.263. The number of nitrogens with one attached hydrogen (secondary N) is 2. The van der Waals surface area contributed by atoms with Crippen LogP contribution in [0.2, 0.25) is 0 Å². The van der Waals surface area contributed by atoms with Crippen LogP contribution in [0.4, 0.5) is 0 Å². The fourth-order valence-electron chi connectivity index (χ4n) is 4.06. The van der Waals surface area contributed by atoms with E-state index in [1.54, 1.807) is 7.05 Å². The first-order valence-electron chi connectivity index (χ1n) is 10.8. The Hall–Kier alpha value is -3.02. The molecule has 1 saturated heterocycles. The van der Waals surface area contributed by atoms with Gasteiger partial charge in [0.15, 0.2) is 5.96 Å². The molecule has 2 aromatic rings. The molecule has 6 nitrogen and oxygen atoms in total. The molecule has 2 N–H and O–H groups in total. The molecule has 2 aliphatic heterocycles. The second-order valence-corrected chi connectivity index (χ2v) is 7.88. The van der Waals surface area contributed by atoms with E-state index in [0.29, 0.717) is 19.5 Å². The van der Waals surface area contributed by atoms with Crippen LogP contribution < -0.4 is 15.4 Å². The van der Waals surface area contributed by atoms with E-state index in [4.69, 9.17) is 4.74 Å². The zero-order chi connectivity index (χ0) is 20.8. The monoisotopic (exact) mass is 406 g/mol. The third-order valence-electron chi connectivity index (χ3n) is 5.68. The number of hydrogen-bond donors (Lipinski definition) is 2. The third-order valence-corrected chi connectivity index (χ3v) is 5.68. The van der Waals surface area contributed by atoms with Crippen molar-refractivity contribution in [3.63, 3.8) is 0 Å². The van der Waals surface area contributed by atoms with Crippen molar-refractivity contribution >= 4 is 11.9 Å². The van der Waals surface area contributed by atoms with Gasteiger partial charge >= 0.3 is 0 Å². The van der Waals surface area contributed by atoms with Gasteiger partial charge in [-0.2, -0.15) is 0 Å². The third kappa shape index (κ3) is 5.12. The molecule has 2 heterocycles. The normalized spacial score (nSPS) is 15.8. The van der Waals surface area contributed by atoms with Crippen LogP contribution in [0, 0.1) is 0 Å². The molecule has 1 fully saturated rings. The highest BCUT2D eigenvalue weighted by Crippen LogP contribution is 2.25. The van der Waals surface area contributed by atoms with Crippen LogP contribution in [-0.4, -0.2) is 43.5 Å². The maximum absolute atomic E-state index is 11.9. The van der Waals surface area contributed by atoms with Crippen LogP contribution >= 0.6 is 0 Å². The van der Waals surface area contributed by atoms with Gasteiger partial charge in [-0.1, -0.05) is 36.4 Å². The fourth-order valence-corrected chi connectivity index (χ4v) is 4.06. The molecule has 0 radical (unpaired) electrons. The summed E-state index contributed by atoms with van der Waals surface area (Å²) >= 11 is 0. The summed E-state index contributed by atoms with van der Waals surface area (Å²) < 4.78 is 5.57. The van der Waals surface area contributed by atoms with E-state index in [9.17, 15) is 4.79 Å². The Labute approximate surface area is 178 Å². The molecule has 0 aliphatic carbocycles. The maximum Gasteiger partial charge on any atom is 0.222 e. The van der Waals surface area contributed by atoms with Crippen molar-refractivity contribution in [3.05, 3.63) is 64.7 Å². The number of carbonyl (C=O) groups is 1. The van der Waals surface area contributed by atoms with E-state index in [-0.39, 0.29) is 5.91 Å². The number of rotatable bonds is 7. The van der Waals surface area contributed by atoms with Gasteiger partial charge in [0.2, 0.25) is 5.91 Å². The predicted octanol–water partition coefficient (Wildman–Crippen LogP) is 2.65. The summed E-state index contributed by atoms with van der Waals surface area (Å²) in [7, 11) is 1.79. The molecule has 0 aromatic heterocycles. The summed E-state index contributed by atoms with van der Waals surface area (Å²) in [6, 6.07) is 14.9. The molecule has 0 spiro atoms. The molecule has 4 rings (SSSR count). The summed E-state index contributed by atoms with van der Waals surface area (Å²) in [6.07, 6.45) is 3.60. The van der Waals surface area contributed by atoms with Crippen molar-refractivity contribution in [1.82, 2.24) is 15.5 Å². The molecular weight excluding hydrogens is 376 g/mol. The lowest BCUT2D eigenvalue weighted by atomic mass is 10.1. The second kappa shape index (κ2) is 9.65. The van der Waals surface area contributed by atoms with E-state index in [0.717, 1.165) is 50.7 Å². The first kappa shape index (κ1) is 20.3. The van der Waals surface area contributed by atoms with Crippen LogP contribution in [0.1, 0.15) is 35.1 Å². The van der Waals surface area contributed by atoms with E-state index < -0.39 is 0 Å². The molecular formula is C24H30N4O2. The fraction of sp³-hybridized carbons (Fsp3) is 0.417. The van der Waals surface area contributed by atoms with Gasteiger partial charge in [0.05, 0.1) is 6.61 Å². The van der Waals surface area contributed by atoms with Crippen LogP contribution in [0.5, 0.6) is 5.75 Å². The summed E-state index contributed by atoms with van der Waals surface area (Å²) in [5.41, 5.74) is 4.98. The van der Waals surface area contributed by atoms with Gasteiger partial charge in [-0.3, -0.25) is 9.79 Å². The lowest BCUT2D eigenvalue weighted by Gasteiger charge is -2.16. The lowest BCUT2D eigenvalue weighted by molar-refractivity contribution is -0.128. The van der Waals surface area contributed by atoms with Crippen molar-refractivity contribution in [2.45, 2.75) is 38.8 Å². The number of benzene rings is 2. The van der Waals surface area contributed by atoms with Gasteiger partial charge in [0, 0.05) is 46.1 Å². The van der Waals surface area contributed by atoms with Crippen LogP contribution in [0.25, 0.3) is 0 Å². The molecule has 2 aliphatic rings. The second-order valence-electron chi connectivity index (χ2n) is 7.88. The SMILES string of the molecule is CN=C(NCCc1ccc2c(c1)CCO2)NCc1cccc(CN2CCCC2=O)c1. The Kier molecular flexibility index (Phi) is 6.52. The first-order valence-corrected chi connectivity index (χ1v) is 10.8. The van der Waals surface area contributed by atoms with Crippen LogP contribution in [0.15, 0.2) is 47.5 Å². The van der Waals surface area contributed by atoms with Crippen LogP contribution in [0.3, 0.4) is 0 Å². The average Bonchev–Trinajstić information content (AvgIpc) is 3.39. The summed E-state index contributed by atoms with van der Waals surface area (Å²) in [5, 5.41) is 6.77. The molecule has 1 amide bonds. The summed E-state index contributed by atoms with van der Waals surface area (Å²) in [6.45, 7) is 3.87. The number of carbonyl (C=O) groups excluding carboxylic acids is 1. The Bertz CT molecular complexity index is 925. The van der Waals surface area contributed by atoms with Crippen LogP contribution in [-0.2, 0) is 30.7 Å². The van der Waals surface area contributed by atoms with Gasteiger partial charge in [0.25, 0.3) is 0 Å². The van der Waals surface area contributed by atoms with E-state index in [1.165, 1.54) is 22.3 Å².